The van der Waals surface area contributed by atoms with Crippen LogP contribution in [0.1, 0.15) is 18.4 Å². The van der Waals surface area contributed by atoms with Gasteiger partial charge in [-0.15, -0.1) is 0 Å². The minimum atomic E-state index is -0.171. The van der Waals surface area contributed by atoms with Crippen molar-refractivity contribution in [3.8, 4) is 5.75 Å². The average molecular weight is 378 g/mol. The van der Waals surface area contributed by atoms with Crippen LogP contribution in [0.4, 0.5) is 4.79 Å². The number of carbonyl (C=O) groups excluding carboxylic acids is 1. The molecule has 3 aromatic rings. The van der Waals surface area contributed by atoms with Crippen LogP contribution in [0.25, 0.3) is 11.0 Å². The van der Waals surface area contributed by atoms with E-state index in [0.717, 1.165) is 49.1 Å². The molecule has 1 amide bonds. The molecule has 1 N–H and O–H groups in total. The molecule has 146 valence electrons. The summed E-state index contributed by atoms with van der Waals surface area (Å²) >= 11 is 0. The molecule has 0 unspecified atom stereocenters. The largest absolute Gasteiger partial charge is 0.488 e. The van der Waals surface area contributed by atoms with Crippen LogP contribution in [0.2, 0.25) is 0 Å². The predicted octanol–water partition coefficient (Wildman–Crippen LogP) is 3.31. The summed E-state index contributed by atoms with van der Waals surface area (Å²) in [6, 6.07) is 15.7. The first-order valence-corrected chi connectivity index (χ1v) is 9.84. The van der Waals surface area contributed by atoms with Gasteiger partial charge in [0.1, 0.15) is 23.7 Å². The maximum atomic E-state index is 12.6. The van der Waals surface area contributed by atoms with Crippen molar-refractivity contribution in [1.82, 2.24) is 19.8 Å². The summed E-state index contributed by atoms with van der Waals surface area (Å²) in [5.74, 6) is 0.753. The Morgan fingerprint density at radius 3 is 2.71 bits per heavy atom. The standard InChI is InChI=1S/C22H26N4O2/c1-25-14-11-18(12-15-25)28-20-9-5-8-19-21(20)24-16-26(19)22(27)23-13-10-17-6-3-2-4-7-17/h2-9,16,18H,10-15H2,1H3,(H,23,27). The second-order valence-electron chi connectivity index (χ2n) is 7.33. The maximum Gasteiger partial charge on any atom is 0.327 e. The van der Waals surface area contributed by atoms with Crippen LogP contribution in [0.5, 0.6) is 5.75 Å². The van der Waals surface area contributed by atoms with E-state index in [4.69, 9.17) is 4.74 Å². The van der Waals surface area contributed by atoms with Crippen LogP contribution in [0.3, 0.4) is 0 Å². The Kier molecular flexibility index (Phi) is 5.58. The van der Waals surface area contributed by atoms with E-state index in [2.05, 4.69) is 34.4 Å². The number of benzene rings is 2. The summed E-state index contributed by atoms with van der Waals surface area (Å²) in [6.45, 7) is 2.66. The van der Waals surface area contributed by atoms with Gasteiger partial charge in [0.2, 0.25) is 0 Å². The third kappa shape index (κ3) is 4.17. The highest BCUT2D eigenvalue weighted by Crippen LogP contribution is 2.27. The summed E-state index contributed by atoms with van der Waals surface area (Å²) in [6.07, 6.45) is 4.58. The number of hydrogen-bond acceptors (Lipinski definition) is 4. The van der Waals surface area contributed by atoms with E-state index >= 15 is 0 Å². The molecule has 1 saturated heterocycles. The molecule has 1 aliphatic rings. The molecule has 0 bridgehead atoms. The molecule has 2 aromatic carbocycles. The van der Waals surface area contributed by atoms with E-state index < -0.39 is 0 Å². The van der Waals surface area contributed by atoms with Crippen LogP contribution in [0, 0.1) is 0 Å². The predicted molar refractivity (Wildman–Crippen MR) is 110 cm³/mol. The Balaban J connectivity index is 1.43. The number of likely N-dealkylation sites (tertiary alicyclic amines) is 1. The van der Waals surface area contributed by atoms with Crippen molar-refractivity contribution >= 4 is 17.1 Å². The third-order valence-electron chi connectivity index (χ3n) is 5.25. The van der Waals surface area contributed by atoms with E-state index in [1.165, 1.54) is 5.56 Å². The van der Waals surface area contributed by atoms with Gasteiger partial charge >= 0.3 is 6.03 Å². The fraction of sp³-hybridized carbons (Fsp3) is 0.364. The Bertz CT molecular complexity index is 930. The summed E-state index contributed by atoms with van der Waals surface area (Å²) in [4.78, 5) is 19.4. The van der Waals surface area contributed by atoms with Gasteiger partial charge in [-0.05, 0) is 44.0 Å². The number of aromatic nitrogens is 2. The maximum absolute atomic E-state index is 12.6. The molecule has 0 atom stereocenters. The number of piperidine rings is 1. The highest BCUT2D eigenvalue weighted by atomic mass is 16.5. The number of ether oxygens (including phenoxy) is 1. The van der Waals surface area contributed by atoms with E-state index in [-0.39, 0.29) is 12.1 Å². The number of fused-ring (bicyclic) bond motifs is 1. The zero-order valence-electron chi connectivity index (χ0n) is 16.2. The number of imidazole rings is 1. The average Bonchev–Trinajstić information content (AvgIpc) is 3.16. The van der Waals surface area contributed by atoms with E-state index in [0.29, 0.717) is 6.54 Å². The molecule has 2 heterocycles. The Morgan fingerprint density at radius 1 is 1.14 bits per heavy atom. The zero-order valence-corrected chi connectivity index (χ0v) is 16.2. The fourth-order valence-corrected chi connectivity index (χ4v) is 3.60. The molecule has 0 spiro atoms. The number of carbonyl (C=O) groups is 1. The van der Waals surface area contributed by atoms with Crippen molar-refractivity contribution in [3.05, 3.63) is 60.4 Å². The van der Waals surface area contributed by atoms with E-state index in [1.807, 2.05) is 36.4 Å². The van der Waals surface area contributed by atoms with Crippen molar-refractivity contribution in [2.45, 2.75) is 25.4 Å². The second-order valence-corrected chi connectivity index (χ2v) is 7.33. The number of nitrogens with one attached hydrogen (secondary N) is 1. The first kappa shape index (κ1) is 18.5. The van der Waals surface area contributed by atoms with Gasteiger partial charge in [0, 0.05) is 19.6 Å². The first-order valence-electron chi connectivity index (χ1n) is 9.84. The number of nitrogens with zero attached hydrogens (tertiary/aromatic N) is 3. The van der Waals surface area contributed by atoms with Crippen molar-refractivity contribution in [2.24, 2.45) is 0 Å². The SMILES string of the molecule is CN1CCC(Oc2cccc3c2ncn3C(=O)NCCc2ccccc2)CC1. The number of rotatable bonds is 5. The number of amides is 1. The molecule has 28 heavy (non-hydrogen) atoms. The summed E-state index contributed by atoms with van der Waals surface area (Å²) in [5.41, 5.74) is 2.70. The van der Waals surface area contributed by atoms with Gasteiger partial charge in [0.15, 0.2) is 0 Å². The van der Waals surface area contributed by atoms with Crippen molar-refractivity contribution < 1.29 is 9.53 Å². The van der Waals surface area contributed by atoms with Crippen molar-refractivity contribution in [3.63, 3.8) is 0 Å². The van der Waals surface area contributed by atoms with Crippen LogP contribution >= 0.6 is 0 Å². The lowest BCUT2D eigenvalue weighted by Gasteiger charge is -2.29. The quantitative estimate of drug-likeness (QED) is 0.740. The fourth-order valence-electron chi connectivity index (χ4n) is 3.60. The normalized spacial score (nSPS) is 15.6. The van der Waals surface area contributed by atoms with Gasteiger partial charge in [-0.2, -0.15) is 0 Å². The topological polar surface area (TPSA) is 59.4 Å². The molecule has 0 saturated carbocycles. The van der Waals surface area contributed by atoms with Crippen LogP contribution in [-0.4, -0.2) is 53.3 Å². The monoisotopic (exact) mass is 378 g/mol. The molecule has 6 heteroatoms. The molecule has 0 radical (unpaired) electrons. The Hall–Kier alpha value is -2.86. The number of hydrogen-bond donors (Lipinski definition) is 1. The van der Waals surface area contributed by atoms with Gasteiger partial charge in [0.25, 0.3) is 0 Å². The van der Waals surface area contributed by atoms with Crippen molar-refractivity contribution in [1.29, 1.82) is 0 Å². The molecule has 4 rings (SSSR count). The smallest absolute Gasteiger partial charge is 0.327 e. The lowest BCUT2D eigenvalue weighted by Crippen LogP contribution is -2.35. The zero-order chi connectivity index (χ0) is 19.3. The van der Waals surface area contributed by atoms with E-state index in [9.17, 15) is 4.79 Å². The summed E-state index contributed by atoms with van der Waals surface area (Å²) in [7, 11) is 2.13. The van der Waals surface area contributed by atoms with Crippen molar-refractivity contribution in [2.75, 3.05) is 26.7 Å². The molecular weight excluding hydrogens is 352 g/mol. The third-order valence-corrected chi connectivity index (χ3v) is 5.25. The molecule has 1 aromatic heterocycles. The van der Waals surface area contributed by atoms with Gasteiger partial charge < -0.3 is 15.0 Å². The van der Waals surface area contributed by atoms with Gasteiger partial charge in [-0.3, -0.25) is 4.57 Å². The molecular formula is C22H26N4O2. The lowest BCUT2D eigenvalue weighted by atomic mass is 10.1. The first-order chi connectivity index (χ1) is 13.7. The molecule has 1 fully saturated rings. The highest BCUT2D eigenvalue weighted by Gasteiger charge is 2.20. The van der Waals surface area contributed by atoms with Gasteiger partial charge in [-0.25, -0.2) is 9.78 Å². The van der Waals surface area contributed by atoms with Crippen LogP contribution < -0.4 is 10.1 Å². The molecule has 6 nitrogen and oxygen atoms in total. The minimum Gasteiger partial charge on any atom is -0.488 e. The Morgan fingerprint density at radius 2 is 1.93 bits per heavy atom. The molecule has 0 aliphatic carbocycles. The highest BCUT2D eigenvalue weighted by molar-refractivity contribution is 5.91. The van der Waals surface area contributed by atoms with Gasteiger partial charge in [0.05, 0.1) is 5.52 Å². The Labute approximate surface area is 165 Å². The number of para-hydroxylation sites is 1. The van der Waals surface area contributed by atoms with Gasteiger partial charge in [-0.1, -0.05) is 36.4 Å². The van der Waals surface area contributed by atoms with E-state index in [1.54, 1.807) is 10.9 Å². The van der Waals surface area contributed by atoms with Crippen LogP contribution in [-0.2, 0) is 6.42 Å². The molecule has 1 aliphatic heterocycles. The second kappa shape index (κ2) is 8.44. The summed E-state index contributed by atoms with van der Waals surface area (Å²) in [5, 5.41) is 2.97. The lowest BCUT2D eigenvalue weighted by molar-refractivity contribution is 0.115. The minimum absolute atomic E-state index is 0.171. The summed E-state index contributed by atoms with van der Waals surface area (Å²) < 4.78 is 7.77. The van der Waals surface area contributed by atoms with Crippen LogP contribution in [0.15, 0.2) is 54.9 Å².